The molecule has 1 saturated heterocycles. The van der Waals surface area contributed by atoms with Gasteiger partial charge in [0, 0.05) is 31.2 Å². The molecule has 1 fully saturated rings. The molecular formula is C19H24N2O2S. The first-order valence-electron chi connectivity index (χ1n) is 8.44. The fourth-order valence-electron chi connectivity index (χ4n) is 3.39. The smallest absolute Gasteiger partial charge is 0.175 e. The first-order chi connectivity index (χ1) is 11.5. The van der Waals surface area contributed by atoms with Crippen LogP contribution in [0.3, 0.4) is 0 Å². The molecule has 0 spiro atoms. The van der Waals surface area contributed by atoms with Crippen molar-refractivity contribution < 1.29 is 8.42 Å². The highest BCUT2D eigenvalue weighted by Gasteiger charge is 2.24. The van der Waals surface area contributed by atoms with Crippen LogP contribution in [-0.4, -0.2) is 37.1 Å². The highest BCUT2D eigenvalue weighted by atomic mass is 32.2. The zero-order valence-electron chi connectivity index (χ0n) is 14.1. The number of hydrogen-bond acceptors (Lipinski definition) is 4. The predicted molar refractivity (Wildman–Crippen MR) is 95.5 cm³/mol. The summed E-state index contributed by atoms with van der Waals surface area (Å²) in [6.45, 7) is 2.01. The predicted octanol–water partition coefficient (Wildman–Crippen LogP) is 3.08. The van der Waals surface area contributed by atoms with Crippen LogP contribution in [0.5, 0.6) is 0 Å². The van der Waals surface area contributed by atoms with Crippen LogP contribution in [0.15, 0.2) is 53.7 Å². The van der Waals surface area contributed by atoms with Gasteiger partial charge in [-0.15, -0.1) is 0 Å². The van der Waals surface area contributed by atoms with E-state index in [2.05, 4.69) is 22.0 Å². The van der Waals surface area contributed by atoms with Crippen molar-refractivity contribution in [2.45, 2.75) is 43.2 Å². The van der Waals surface area contributed by atoms with Gasteiger partial charge in [-0.1, -0.05) is 12.1 Å². The molecule has 1 aromatic heterocycles. The lowest BCUT2D eigenvalue weighted by Crippen LogP contribution is -2.29. The van der Waals surface area contributed by atoms with Crippen molar-refractivity contribution in [2.75, 3.05) is 12.8 Å². The summed E-state index contributed by atoms with van der Waals surface area (Å²) in [6.07, 6.45) is 9.67. The highest BCUT2D eigenvalue weighted by molar-refractivity contribution is 7.90. The topological polar surface area (TPSA) is 50.3 Å². The summed E-state index contributed by atoms with van der Waals surface area (Å²) in [4.78, 5) is 6.98. The number of sulfone groups is 1. The standard InChI is InChI=1S/C19H24N2O2S/c1-24(22,23)19-8-5-17(6-9-19)15-21-14-2-3-18(21)7-4-16-10-12-20-13-11-16/h5-6,8-13,18H,2-4,7,14-15H2,1H3/t18-/m1/s1. The Kier molecular flexibility index (Phi) is 5.31. The van der Waals surface area contributed by atoms with E-state index in [0.29, 0.717) is 10.9 Å². The van der Waals surface area contributed by atoms with Gasteiger partial charge in [-0.3, -0.25) is 9.88 Å². The van der Waals surface area contributed by atoms with Crippen molar-refractivity contribution in [3.8, 4) is 0 Å². The summed E-state index contributed by atoms with van der Waals surface area (Å²) in [6, 6.07) is 12.1. The second kappa shape index (κ2) is 7.45. The molecule has 2 heterocycles. The molecule has 24 heavy (non-hydrogen) atoms. The Morgan fingerprint density at radius 1 is 1.08 bits per heavy atom. The monoisotopic (exact) mass is 344 g/mol. The quantitative estimate of drug-likeness (QED) is 0.808. The van der Waals surface area contributed by atoms with Crippen LogP contribution in [0.1, 0.15) is 30.4 Å². The third kappa shape index (κ3) is 4.42. The minimum Gasteiger partial charge on any atom is -0.296 e. The Morgan fingerprint density at radius 3 is 2.46 bits per heavy atom. The lowest BCUT2D eigenvalue weighted by atomic mass is 10.0. The molecule has 3 rings (SSSR count). The first kappa shape index (κ1) is 17.1. The number of rotatable bonds is 6. The molecule has 1 aliphatic rings. The summed E-state index contributed by atoms with van der Waals surface area (Å²) in [5.74, 6) is 0. The third-order valence-electron chi connectivity index (χ3n) is 4.75. The van der Waals surface area contributed by atoms with Gasteiger partial charge in [-0.25, -0.2) is 8.42 Å². The van der Waals surface area contributed by atoms with E-state index in [0.717, 1.165) is 25.9 Å². The maximum absolute atomic E-state index is 11.5. The van der Waals surface area contributed by atoms with Gasteiger partial charge in [0.25, 0.3) is 0 Å². The molecule has 1 atom stereocenters. The minimum atomic E-state index is -3.12. The first-order valence-corrected chi connectivity index (χ1v) is 10.3. The number of aromatic nitrogens is 1. The van der Waals surface area contributed by atoms with Gasteiger partial charge in [0.2, 0.25) is 0 Å². The van der Waals surface area contributed by atoms with Crippen molar-refractivity contribution >= 4 is 9.84 Å². The van der Waals surface area contributed by atoms with Gasteiger partial charge >= 0.3 is 0 Å². The van der Waals surface area contributed by atoms with Gasteiger partial charge in [-0.2, -0.15) is 0 Å². The third-order valence-corrected chi connectivity index (χ3v) is 5.88. The van der Waals surface area contributed by atoms with Crippen LogP contribution in [-0.2, 0) is 22.8 Å². The average Bonchev–Trinajstić information content (AvgIpc) is 3.01. The molecule has 0 amide bonds. The van der Waals surface area contributed by atoms with Gasteiger partial charge < -0.3 is 0 Å². The molecule has 4 nitrogen and oxygen atoms in total. The molecule has 0 aliphatic carbocycles. The van der Waals surface area contributed by atoms with Crippen molar-refractivity contribution in [2.24, 2.45) is 0 Å². The Hall–Kier alpha value is -1.72. The van der Waals surface area contributed by atoms with E-state index in [1.54, 1.807) is 12.1 Å². The van der Waals surface area contributed by atoms with Crippen molar-refractivity contribution in [3.05, 3.63) is 59.9 Å². The number of aryl methyl sites for hydroxylation is 1. The SMILES string of the molecule is CS(=O)(=O)c1ccc(CN2CCC[C@@H]2CCc2ccncc2)cc1. The molecule has 0 bridgehead atoms. The van der Waals surface area contributed by atoms with E-state index in [4.69, 9.17) is 0 Å². The molecule has 1 aliphatic heterocycles. The van der Waals surface area contributed by atoms with Crippen molar-refractivity contribution in [1.29, 1.82) is 0 Å². The molecule has 2 aromatic rings. The van der Waals surface area contributed by atoms with E-state index in [-0.39, 0.29) is 0 Å². The fraction of sp³-hybridized carbons (Fsp3) is 0.421. The molecule has 0 unspecified atom stereocenters. The average molecular weight is 344 g/mol. The van der Waals surface area contributed by atoms with Crippen LogP contribution < -0.4 is 0 Å². The second-order valence-corrected chi connectivity index (χ2v) is 8.59. The van der Waals surface area contributed by atoms with E-state index >= 15 is 0 Å². The minimum absolute atomic E-state index is 0.391. The molecule has 0 N–H and O–H groups in total. The zero-order chi connectivity index (χ0) is 17.0. The van der Waals surface area contributed by atoms with Gasteiger partial charge in [0.15, 0.2) is 9.84 Å². The summed E-state index contributed by atoms with van der Waals surface area (Å²) in [5.41, 5.74) is 2.52. The van der Waals surface area contributed by atoms with E-state index in [1.165, 1.54) is 30.2 Å². The van der Waals surface area contributed by atoms with Crippen LogP contribution in [0.2, 0.25) is 0 Å². The lowest BCUT2D eigenvalue weighted by Gasteiger charge is -2.24. The Labute approximate surface area is 144 Å². The van der Waals surface area contributed by atoms with Gasteiger partial charge in [0.1, 0.15) is 0 Å². The number of hydrogen-bond donors (Lipinski definition) is 0. The van der Waals surface area contributed by atoms with Crippen molar-refractivity contribution in [1.82, 2.24) is 9.88 Å². The van der Waals surface area contributed by atoms with E-state index in [9.17, 15) is 8.42 Å². The van der Waals surface area contributed by atoms with Crippen LogP contribution in [0, 0.1) is 0 Å². The Balaban J connectivity index is 1.59. The number of benzene rings is 1. The largest absolute Gasteiger partial charge is 0.296 e. The summed E-state index contributed by atoms with van der Waals surface area (Å²) in [7, 11) is -3.12. The van der Waals surface area contributed by atoms with Crippen LogP contribution in [0.25, 0.3) is 0 Å². The summed E-state index contributed by atoms with van der Waals surface area (Å²) in [5, 5.41) is 0. The maximum Gasteiger partial charge on any atom is 0.175 e. The van der Waals surface area contributed by atoms with Gasteiger partial charge in [0.05, 0.1) is 4.90 Å². The van der Waals surface area contributed by atoms with Gasteiger partial charge in [-0.05, 0) is 67.6 Å². The normalized spacial score (nSPS) is 18.8. The Bertz CT molecular complexity index is 758. The van der Waals surface area contributed by atoms with Crippen molar-refractivity contribution in [3.63, 3.8) is 0 Å². The lowest BCUT2D eigenvalue weighted by molar-refractivity contribution is 0.235. The molecule has 0 radical (unpaired) electrons. The molecule has 5 heteroatoms. The van der Waals surface area contributed by atoms with Crippen LogP contribution >= 0.6 is 0 Å². The summed E-state index contributed by atoms with van der Waals surface area (Å²) < 4.78 is 23.1. The van der Waals surface area contributed by atoms with Crippen LogP contribution in [0.4, 0.5) is 0 Å². The van der Waals surface area contributed by atoms with E-state index in [1.807, 2.05) is 24.5 Å². The number of likely N-dealkylation sites (tertiary alicyclic amines) is 1. The zero-order valence-corrected chi connectivity index (χ0v) is 14.9. The number of pyridine rings is 1. The summed E-state index contributed by atoms with van der Waals surface area (Å²) >= 11 is 0. The molecular weight excluding hydrogens is 320 g/mol. The Morgan fingerprint density at radius 2 is 1.79 bits per heavy atom. The molecule has 1 aromatic carbocycles. The maximum atomic E-state index is 11.5. The molecule has 128 valence electrons. The highest BCUT2D eigenvalue weighted by Crippen LogP contribution is 2.24. The van der Waals surface area contributed by atoms with E-state index < -0.39 is 9.84 Å². The second-order valence-electron chi connectivity index (χ2n) is 6.58. The number of nitrogens with zero attached hydrogens (tertiary/aromatic N) is 2. The molecule has 0 saturated carbocycles. The fourth-order valence-corrected chi connectivity index (χ4v) is 4.02.